The number of nitrogen functional groups attached to an aromatic ring is 4. The van der Waals surface area contributed by atoms with E-state index < -0.39 is 15.0 Å². The van der Waals surface area contributed by atoms with Gasteiger partial charge in [-0.2, -0.15) is 8.42 Å². The first-order valence-corrected chi connectivity index (χ1v) is 4.89. The van der Waals surface area contributed by atoms with Crippen molar-refractivity contribution in [3.8, 4) is 0 Å². The summed E-state index contributed by atoms with van der Waals surface area (Å²) in [6.07, 6.45) is 0. The van der Waals surface area contributed by atoms with Crippen LogP contribution in [0.25, 0.3) is 0 Å². The fourth-order valence-corrected chi connectivity index (χ4v) is 1.61. The molecule has 0 aliphatic heterocycles. The summed E-state index contributed by atoms with van der Waals surface area (Å²) in [6.45, 7) is 0. The van der Waals surface area contributed by atoms with Gasteiger partial charge in [-0.05, 0) is 6.07 Å². The number of anilines is 4. The van der Waals surface area contributed by atoms with Crippen molar-refractivity contribution < 1.29 is 13.0 Å². The summed E-state index contributed by atoms with van der Waals surface area (Å²) in [6, 6.07) is 0.955. The molecule has 8 heteroatoms. The SMILES string of the molecule is Nc1cc(S(=O)(=O)O)c(N)c(N)c1N. The summed E-state index contributed by atoms with van der Waals surface area (Å²) in [5.74, 6) is 0. The van der Waals surface area contributed by atoms with Gasteiger partial charge in [0.2, 0.25) is 0 Å². The van der Waals surface area contributed by atoms with Gasteiger partial charge in [-0.3, -0.25) is 4.55 Å². The molecular weight excluding hydrogens is 208 g/mol. The smallest absolute Gasteiger partial charge is 0.296 e. The molecular formula is C6H10N4O3S. The fraction of sp³-hybridized carbons (Fsp3) is 0. The molecule has 1 rings (SSSR count). The number of benzene rings is 1. The molecule has 1 aromatic rings. The van der Waals surface area contributed by atoms with Gasteiger partial charge in [-0.1, -0.05) is 0 Å². The van der Waals surface area contributed by atoms with Gasteiger partial charge in [0.05, 0.1) is 22.7 Å². The molecule has 14 heavy (non-hydrogen) atoms. The molecule has 0 aromatic heterocycles. The number of nitrogens with two attached hydrogens (primary N) is 4. The molecule has 0 aliphatic carbocycles. The Kier molecular flexibility index (Phi) is 2.18. The minimum Gasteiger partial charge on any atom is -0.397 e. The predicted octanol–water partition coefficient (Wildman–Crippen LogP) is -0.738. The van der Waals surface area contributed by atoms with Crippen molar-refractivity contribution >= 4 is 32.9 Å². The lowest BCUT2D eigenvalue weighted by Gasteiger charge is -2.10. The maximum absolute atomic E-state index is 10.8. The van der Waals surface area contributed by atoms with Crippen LogP contribution in [-0.4, -0.2) is 13.0 Å². The molecule has 0 heterocycles. The molecule has 1 aromatic carbocycles. The molecule has 0 fully saturated rings. The van der Waals surface area contributed by atoms with Crippen LogP contribution in [0, 0.1) is 0 Å². The Labute approximate surface area is 80.4 Å². The van der Waals surface area contributed by atoms with Gasteiger partial charge in [0.1, 0.15) is 4.90 Å². The van der Waals surface area contributed by atoms with Crippen molar-refractivity contribution in [3.05, 3.63) is 6.07 Å². The van der Waals surface area contributed by atoms with E-state index in [0.717, 1.165) is 6.07 Å². The first-order chi connectivity index (χ1) is 6.25. The third-order valence-corrected chi connectivity index (χ3v) is 2.61. The molecule has 0 saturated heterocycles. The molecule has 0 atom stereocenters. The van der Waals surface area contributed by atoms with Gasteiger partial charge < -0.3 is 22.9 Å². The molecule has 0 bridgehead atoms. The van der Waals surface area contributed by atoms with Crippen molar-refractivity contribution in [2.75, 3.05) is 22.9 Å². The van der Waals surface area contributed by atoms with Crippen LogP contribution >= 0.6 is 0 Å². The average molecular weight is 218 g/mol. The summed E-state index contributed by atoms with van der Waals surface area (Å²) < 4.78 is 30.3. The molecule has 0 spiro atoms. The maximum Gasteiger partial charge on any atom is 0.296 e. The largest absolute Gasteiger partial charge is 0.397 e. The summed E-state index contributed by atoms with van der Waals surface area (Å²) in [7, 11) is -4.44. The topological polar surface area (TPSA) is 158 Å². The van der Waals surface area contributed by atoms with Crippen LogP contribution in [0.15, 0.2) is 11.0 Å². The highest BCUT2D eigenvalue weighted by atomic mass is 32.2. The third kappa shape index (κ3) is 1.52. The second kappa shape index (κ2) is 2.93. The van der Waals surface area contributed by atoms with E-state index in [-0.39, 0.29) is 22.7 Å². The van der Waals surface area contributed by atoms with E-state index >= 15 is 0 Å². The van der Waals surface area contributed by atoms with E-state index in [1.165, 1.54) is 0 Å². The Hall–Kier alpha value is -1.67. The first-order valence-electron chi connectivity index (χ1n) is 3.45. The van der Waals surface area contributed by atoms with E-state index in [1.807, 2.05) is 0 Å². The van der Waals surface area contributed by atoms with Gasteiger partial charge in [0.15, 0.2) is 0 Å². The van der Waals surface area contributed by atoms with E-state index in [1.54, 1.807) is 0 Å². The zero-order valence-corrected chi connectivity index (χ0v) is 7.88. The summed E-state index contributed by atoms with van der Waals surface area (Å²) in [5.41, 5.74) is 20.9. The second-order valence-corrected chi connectivity index (χ2v) is 4.07. The molecule has 0 saturated carbocycles. The van der Waals surface area contributed by atoms with Crippen molar-refractivity contribution in [1.29, 1.82) is 0 Å². The first kappa shape index (κ1) is 10.4. The van der Waals surface area contributed by atoms with Crippen LogP contribution in [0.3, 0.4) is 0 Å². The standard InChI is InChI=1S/C6H10N4O3S/c7-2-1-3(14(11,12)13)5(9)6(10)4(2)8/h1H,7-10H2,(H,11,12,13). The van der Waals surface area contributed by atoms with Crippen LogP contribution in [0.1, 0.15) is 0 Å². The maximum atomic E-state index is 10.8. The van der Waals surface area contributed by atoms with E-state index in [0.29, 0.717) is 0 Å². The molecule has 0 radical (unpaired) electrons. The molecule has 7 nitrogen and oxygen atoms in total. The summed E-state index contributed by atoms with van der Waals surface area (Å²) in [4.78, 5) is -0.540. The normalized spacial score (nSPS) is 11.5. The Bertz CT molecular complexity index is 482. The van der Waals surface area contributed by atoms with Gasteiger partial charge in [0.25, 0.3) is 10.1 Å². The van der Waals surface area contributed by atoms with Gasteiger partial charge in [-0.15, -0.1) is 0 Å². The Morgan fingerprint density at radius 3 is 1.93 bits per heavy atom. The van der Waals surface area contributed by atoms with Crippen LogP contribution in [0.4, 0.5) is 22.7 Å². The number of rotatable bonds is 1. The highest BCUT2D eigenvalue weighted by Gasteiger charge is 2.19. The van der Waals surface area contributed by atoms with Crippen molar-refractivity contribution in [2.24, 2.45) is 0 Å². The molecule has 78 valence electrons. The lowest BCUT2D eigenvalue weighted by atomic mass is 10.2. The predicted molar refractivity (Wildman–Crippen MR) is 53.9 cm³/mol. The Morgan fingerprint density at radius 2 is 1.50 bits per heavy atom. The molecule has 0 unspecified atom stereocenters. The van der Waals surface area contributed by atoms with Crippen LogP contribution in [0.2, 0.25) is 0 Å². The van der Waals surface area contributed by atoms with Gasteiger partial charge >= 0.3 is 0 Å². The quantitative estimate of drug-likeness (QED) is 0.306. The van der Waals surface area contributed by atoms with E-state index in [9.17, 15) is 8.42 Å². The fourth-order valence-electron chi connectivity index (χ4n) is 0.943. The highest BCUT2D eigenvalue weighted by Crippen LogP contribution is 2.34. The molecule has 9 N–H and O–H groups in total. The van der Waals surface area contributed by atoms with Crippen molar-refractivity contribution in [2.45, 2.75) is 4.90 Å². The lowest BCUT2D eigenvalue weighted by molar-refractivity contribution is 0.483. The Morgan fingerprint density at radius 1 is 1.00 bits per heavy atom. The summed E-state index contributed by atoms with van der Waals surface area (Å²) >= 11 is 0. The second-order valence-electron chi connectivity index (χ2n) is 2.68. The Balaban J connectivity index is 3.66. The van der Waals surface area contributed by atoms with E-state index in [2.05, 4.69) is 0 Å². The molecule has 0 amide bonds. The van der Waals surface area contributed by atoms with Crippen LogP contribution in [0.5, 0.6) is 0 Å². The zero-order chi connectivity index (χ0) is 11.1. The van der Waals surface area contributed by atoms with Crippen LogP contribution in [-0.2, 0) is 10.1 Å². The monoisotopic (exact) mass is 218 g/mol. The summed E-state index contributed by atoms with van der Waals surface area (Å²) in [5, 5.41) is 0. The number of hydrogen-bond acceptors (Lipinski definition) is 6. The zero-order valence-electron chi connectivity index (χ0n) is 7.06. The third-order valence-electron chi connectivity index (χ3n) is 1.72. The lowest BCUT2D eigenvalue weighted by Crippen LogP contribution is -2.10. The minimum absolute atomic E-state index is 0.00472. The van der Waals surface area contributed by atoms with Crippen molar-refractivity contribution in [1.82, 2.24) is 0 Å². The van der Waals surface area contributed by atoms with Crippen molar-refractivity contribution in [3.63, 3.8) is 0 Å². The number of hydrogen-bond donors (Lipinski definition) is 5. The van der Waals surface area contributed by atoms with E-state index in [4.69, 9.17) is 27.5 Å². The van der Waals surface area contributed by atoms with Crippen LogP contribution < -0.4 is 22.9 Å². The minimum atomic E-state index is -4.44. The van der Waals surface area contributed by atoms with Gasteiger partial charge in [-0.25, -0.2) is 0 Å². The highest BCUT2D eigenvalue weighted by molar-refractivity contribution is 7.86. The molecule has 0 aliphatic rings. The van der Waals surface area contributed by atoms with Gasteiger partial charge in [0, 0.05) is 0 Å². The average Bonchev–Trinajstić information content (AvgIpc) is 2.06.